The molecule has 0 spiro atoms. The Morgan fingerprint density at radius 2 is 1.86 bits per heavy atom. The van der Waals surface area contributed by atoms with Crippen LogP contribution >= 0.6 is 0 Å². The normalized spacial score (nSPS) is 36.0. The van der Waals surface area contributed by atoms with Crippen LogP contribution < -0.4 is 5.32 Å². The van der Waals surface area contributed by atoms with Crippen LogP contribution in [-0.2, 0) is 0 Å². The zero-order valence-corrected chi connectivity index (χ0v) is 7.77. The molecule has 14 heavy (non-hydrogen) atoms. The standard InChI is InChI=1S/C9H14F3NO/c10-9(11,12)8(4-5-8)13-6-2-1-3-7(6)14/h6-7,13-14H,1-5H2/t6-,7-/m0/s1. The van der Waals surface area contributed by atoms with Crippen molar-refractivity contribution in [2.24, 2.45) is 0 Å². The highest BCUT2D eigenvalue weighted by Crippen LogP contribution is 2.49. The predicted molar refractivity (Wildman–Crippen MR) is 44.8 cm³/mol. The maximum Gasteiger partial charge on any atom is 0.406 e. The molecule has 0 unspecified atom stereocenters. The molecule has 0 saturated heterocycles. The lowest BCUT2D eigenvalue weighted by atomic mass is 10.1. The lowest BCUT2D eigenvalue weighted by Gasteiger charge is -2.26. The Morgan fingerprint density at radius 1 is 1.21 bits per heavy atom. The van der Waals surface area contributed by atoms with Gasteiger partial charge in [-0.15, -0.1) is 0 Å². The third-order valence-electron chi connectivity index (χ3n) is 3.23. The SMILES string of the molecule is O[C@H]1CCC[C@@H]1NC1(C(F)(F)F)CC1. The molecule has 0 heterocycles. The van der Waals surface area contributed by atoms with Gasteiger partial charge in [-0.3, -0.25) is 5.32 Å². The molecule has 2 saturated carbocycles. The number of halogens is 3. The third kappa shape index (κ3) is 1.63. The Bertz CT molecular complexity index is 225. The number of alkyl halides is 3. The Kier molecular flexibility index (Phi) is 2.27. The average Bonchev–Trinajstić information content (AvgIpc) is 2.73. The molecule has 2 fully saturated rings. The van der Waals surface area contributed by atoms with Gasteiger partial charge in [0.25, 0.3) is 0 Å². The highest BCUT2D eigenvalue weighted by atomic mass is 19.4. The molecule has 2 atom stereocenters. The second kappa shape index (κ2) is 3.10. The van der Waals surface area contributed by atoms with E-state index in [0.29, 0.717) is 12.8 Å². The van der Waals surface area contributed by atoms with Gasteiger partial charge in [0.2, 0.25) is 0 Å². The highest BCUT2D eigenvalue weighted by Gasteiger charge is 2.64. The van der Waals surface area contributed by atoms with E-state index in [9.17, 15) is 18.3 Å². The number of hydrogen-bond acceptors (Lipinski definition) is 2. The topological polar surface area (TPSA) is 32.3 Å². The zero-order chi connectivity index (χ0) is 10.4. The van der Waals surface area contributed by atoms with Crippen LogP contribution in [0.25, 0.3) is 0 Å². The maximum absolute atomic E-state index is 12.5. The van der Waals surface area contributed by atoms with Crippen LogP contribution in [0.15, 0.2) is 0 Å². The summed E-state index contributed by atoms with van der Waals surface area (Å²) < 4.78 is 37.6. The van der Waals surface area contributed by atoms with E-state index in [1.807, 2.05) is 0 Å². The fourth-order valence-corrected chi connectivity index (χ4v) is 2.10. The van der Waals surface area contributed by atoms with Gasteiger partial charge < -0.3 is 5.11 Å². The molecule has 2 rings (SSSR count). The summed E-state index contributed by atoms with van der Waals surface area (Å²) in [7, 11) is 0. The first-order valence-electron chi connectivity index (χ1n) is 4.97. The van der Waals surface area contributed by atoms with Crippen LogP contribution in [0.3, 0.4) is 0 Å². The van der Waals surface area contributed by atoms with Crippen LogP contribution in [0.5, 0.6) is 0 Å². The third-order valence-corrected chi connectivity index (χ3v) is 3.23. The fourth-order valence-electron chi connectivity index (χ4n) is 2.10. The monoisotopic (exact) mass is 209 g/mol. The second-order valence-electron chi connectivity index (χ2n) is 4.33. The van der Waals surface area contributed by atoms with E-state index in [1.165, 1.54) is 0 Å². The van der Waals surface area contributed by atoms with Gasteiger partial charge >= 0.3 is 6.18 Å². The Balaban J connectivity index is 1.97. The van der Waals surface area contributed by atoms with Crippen molar-refractivity contribution in [1.82, 2.24) is 5.32 Å². The van der Waals surface area contributed by atoms with Crippen LogP contribution in [0.1, 0.15) is 32.1 Å². The van der Waals surface area contributed by atoms with Gasteiger partial charge in [0.15, 0.2) is 0 Å². The molecule has 0 bridgehead atoms. The smallest absolute Gasteiger partial charge is 0.392 e. The van der Waals surface area contributed by atoms with Crippen LogP contribution in [0.2, 0.25) is 0 Å². The van der Waals surface area contributed by atoms with Crippen molar-refractivity contribution in [3.05, 3.63) is 0 Å². The van der Waals surface area contributed by atoms with Crippen molar-refractivity contribution in [1.29, 1.82) is 0 Å². The number of nitrogens with one attached hydrogen (secondary N) is 1. The summed E-state index contributed by atoms with van der Waals surface area (Å²) in [4.78, 5) is 0. The molecule has 0 aromatic heterocycles. The first kappa shape index (κ1) is 10.2. The molecule has 5 heteroatoms. The van der Waals surface area contributed by atoms with Gasteiger partial charge in [0.1, 0.15) is 5.54 Å². The molecule has 2 nitrogen and oxygen atoms in total. The predicted octanol–water partition coefficient (Wildman–Crippen LogP) is 1.58. The molecule has 0 radical (unpaired) electrons. The van der Waals surface area contributed by atoms with Crippen LogP contribution in [-0.4, -0.2) is 29.0 Å². The van der Waals surface area contributed by atoms with Crippen molar-refractivity contribution in [2.45, 2.75) is 56.0 Å². The van der Waals surface area contributed by atoms with E-state index in [-0.39, 0.29) is 18.9 Å². The Morgan fingerprint density at radius 3 is 2.21 bits per heavy atom. The number of rotatable bonds is 2. The minimum absolute atomic E-state index is 0.153. The van der Waals surface area contributed by atoms with Crippen molar-refractivity contribution in [2.75, 3.05) is 0 Å². The van der Waals surface area contributed by atoms with Gasteiger partial charge in [0.05, 0.1) is 6.10 Å². The van der Waals surface area contributed by atoms with Crippen molar-refractivity contribution < 1.29 is 18.3 Å². The van der Waals surface area contributed by atoms with Gasteiger partial charge in [-0.1, -0.05) is 0 Å². The summed E-state index contributed by atoms with van der Waals surface area (Å²) in [6, 6.07) is -0.362. The van der Waals surface area contributed by atoms with E-state index in [2.05, 4.69) is 5.32 Å². The minimum atomic E-state index is -4.17. The summed E-state index contributed by atoms with van der Waals surface area (Å²) >= 11 is 0. The van der Waals surface area contributed by atoms with Gasteiger partial charge in [-0.05, 0) is 32.1 Å². The highest BCUT2D eigenvalue weighted by molar-refractivity contribution is 5.10. The molecule has 82 valence electrons. The fraction of sp³-hybridized carbons (Fsp3) is 1.00. The average molecular weight is 209 g/mol. The van der Waals surface area contributed by atoms with Gasteiger partial charge in [-0.25, -0.2) is 0 Å². The van der Waals surface area contributed by atoms with E-state index in [0.717, 1.165) is 6.42 Å². The van der Waals surface area contributed by atoms with E-state index in [4.69, 9.17) is 0 Å². The van der Waals surface area contributed by atoms with Crippen molar-refractivity contribution in [3.63, 3.8) is 0 Å². The summed E-state index contributed by atoms with van der Waals surface area (Å²) in [6.45, 7) is 0. The van der Waals surface area contributed by atoms with E-state index < -0.39 is 17.8 Å². The van der Waals surface area contributed by atoms with Crippen LogP contribution in [0.4, 0.5) is 13.2 Å². The Labute approximate surface area is 80.5 Å². The zero-order valence-electron chi connectivity index (χ0n) is 7.77. The number of aliphatic hydroxyl groups is 1. The molecular weight excluding hydrogens is 195 g/mol. The molecular formula is C9H14F3NO. The lowest BCUT2D eigenvalue weighted by molar-refractivity contribution is -0.169. The van der Waals surface area contributed by atoms with Crippen molar-refractivity contribution >= 4 is 0 Å². The Hall–Kier alpha value is -0.290. The van der Waals surface area contributed by atoms with Gasteiger partial charge in [-0.2, -0.15) is 13.2 Å². The summed E-state index contributed by atoms with van der Waals surface area (Å²) in [5, 5.41) is 12.0. The maximum atomic E-state index is 12.5. The summed E-state index contributed by atoms with van der Waals surface area (Å²) in [5.41, 5.74) is -1.68. The second-order valence-corrected chi connectivity index (χ2v) is 4.33. The molecule has 0 amide bonds. The first-order chi connectivity index (χ1) is 6.45. The van der Waals surface area contributed by atoms with Gasteiger partial charge in [0, 0.05) is 6.04 Å². The molecule has 2 aliphatic rings. The molecule has 0 aliphatic heterocycles. The van der Waals surface area contributed by atoms with Crippen LogP contribution in [0, 0.1) is 0 Å². The minimum Gasteiger partial charge on any atom is -0.392 e. The quantitative estimate of drug-likeness (QED) is 0.723. The first-order valence-corrected chi connectivity index (χ1v) is 4.97. The summed E-state index contributed by atoms with van der Waals surface area (Å²) in [5.74, 6) is 0. The molecule has 2 aliphatic carbocycles. The number of aliphatic hydroxyl groups excluding tert-OH is 1. The molecule has 0 aromatic carbocycles. The molecule has 0 aromatic rings. The summed E-state index contributed by atoms with van der Waals surface area (Å²) in [6.07, 6.45) is -2.39. The van der Waals surface area contributed by atoms with E-state index >= 15 is 0 Å². The number of hydrogen-bond donors (Lipinski definition) is 2. The van der Waals surface area contributed by atoms with E-state index in [1.54, 1.807) is 0 Å². The van der Waals surface area contributed by atoms with Crippen molar-refractivity contribution in [3.8, 4) is 0 Å². The lowest BCUT2D eigenvalue weighted by Crippen LogP contribution is -2.52. The molecule has 2 N–H and O–H groups in total. The largest absolute Gasteiger partial charge is 0.406 e.